The van der Waals surface area contributed by atoms with Crippen LogP contribution in [0.1, 0.15) is 39.7 Å². The second-order valence-corrected chi connectivity index (χ2v) is 9.64. The molecule has 0 spiro atoms. The number of aromatic nitrogens is 2. The van der Waals surface area contributed by atoms with E-state index in [1.807, 2.05) is 47.9 Å². The van der Waals surface area contributed by atoms with Crippen LogP contribution in [0.4, 0.5) is 0 Å². The van der Waals surface area contributed by atoms with Crippen LogP contribution in [-0.4, -0.2) is 22.1 Å². The van der Waals surface area contributed by atoms with Crippen molar-refractivity contribution in [2.75, 3.05) is 6.61 Å². The summed E-state index contributed by atoms with van der Waals surface area (Å²) in [7, 11) is 0. The molecule has 2 aromatic heterocycles. The average Bonchev–Trinajstić information content (AvgIpc) is 3.12. The van der Waals surface area contributed by atoms with Crippen molar-refractivity contribution in [2.45, 2.75) is 33.2 Å². The van der Waals surface area contributed by atoms with E-state index in [0.717, 1.165) is 50.1 Å². The Bertz CT molecular complexity index is 1430. The molecule has 2 aromatic carbocycles. The summed E-state index contributed by atoms with van der Waals surface area (Å²) in [5, 5.41) is 0. The van der Waals surface area contributed by atoms with Crippen LogP contribution in [0.25, 0.3) is 22.5 Å². The van der Waals surface area contributed by atoms with Crippen molar-refractivity contribution in [3.05, 3.63) is 103 Å². The lowest BCUT2D eigenvalue weighted by atomic mass is 9.92. The second kappa shape index (κ2) is 9.25. The van der Waals surface area contributed by atoms with Crippen LogP contribution in [0.3, 0.4) is 0 Å². The Kier molecular flexibility index (Phi) is 6.16. The van der Waals surface area contributed by atoms with Crippen molar-refractivity contribution < 1.29 is 9.53 Å². The second-order valence-electron chi connectivity index (χ2n) is 8.56. The summed E-state index contributed by atoms with van der Waals surface area (Å²) in [6.45, 7) is 4.69. The summed E-state index contributed by atoms with van der Waals surface area (Å²) in [5.41, 5.74) is 8.13. The largest absolute Gasteiger partial charge is 0.461 e. The number of benzene rings is 2. The monoisotopic (exact) mass is 564 g/mol. The highest BCUT2D eigenvalue weighted by molar-refractivity contribution is 14.1. The number of H-pyrrole nitrogens is 1. The van der Waals surface area contributed by atoms with E-state index in [9.17, 15) is 9.59 Å². The number of carbonyl (C=O) groups excluding carboxylic acids is 1. The standard InChI is InChI=1S/C28H25IN2O3/c1-3-34-28(33)26-23(29)21-14-13-20-15-22(19-7-5-4-6-8-19)27(32)30-24(20)25(21)31(26)16-18-11-9-17(2)10-12-18/h4-12,15H,3,13-14,16H2,1-2H3,(H,30,32). The topological polar surface area (TPSA) is 64.1 Å². The van der Waals surface area contributed by atoms with E-state index in [2.05, 4.69) is 58.8 Å². The Morgan fingerprint density at radius 1 is 1.09 bits per heavy atom. The summed E-state index contributed by atoms with van der Waals surface area (Å²) < 4.78 is 8.36. The maximum absolute atomic E-state index is 13.2. The van der Waals surface area contributed by atoms with Gasteiger partial charge in [-0.25, -0.2) is 4.79 Å². The summed E-state index contributed by atoms with van der Waals surface area (Å²) in [5.74, 6) is -0.335. The number of hydrogen-bond donors (Lipinski definition) is 1. The van der Waals surface area contributed by atoms with Crippen molar-refractivity contribution in [3.8, 4) is 22.5 Å². The molecule has 0 unspecified atom stereocenters. The molecule has 0 aliphatic heterocycles. The number of hydrogen-bond acceptors (Lipinski definition) is 3. The highest BCUT2D eigenvalue weighted by Crippen LogP contribution is 2.39. The van der Waals surface area contributed by atoms with E-state index in [-0.39, 0.29) is 11.5 Å². The molecule has 0 amide bonds. The van der Waals surface area contributed by atoms with Crippen molar-refractivity contribution in [2.24, 2.45) is 0 Å². The number of aromatic amines is 1. The third kappa shape index (κ3) is 4.00. The lowest BCUT2D eigenvalue weighted by molar-refractivity contribution is 0.0513. The minimum Gasteiger partial charge on any atom is -0.461 e. The third-order valence-electron chi connectivity index (χ3n) is 6.32. The lowest BCUT2D eigenvalue weighted by Crippen LogP contribution is -2.19. The molecule has 34 heavy (non-hydrogen) atoms. The molecule has 5 nitrogen and oxygen atoms in total. The van der Waals surface area contributed by atoms with Gasteiger partial charge in [0.15, 0.2) is 0 Å². The molecule has 4 aromatic rings. The smallest absolute Gasteiger partial charge is 0.356 e. The molecule has 0 saturated carbocycles. The number of nitrogens with zero attached hydrogens (tertiary/aromatic N) is 1. The molecule has 5 rings (SSSR count). The average molecular weight is 564 g/mol. The maximum atomic E-state index is 13.2. The minimum atomic E-state index is -0.335. The molecule has 0 radical (unpaired) electrons. The highest BCUT2D eigenvalue weighted by Gasteiger charge is 2.31. The van der Waals surface area contributed by atoms with Gasteiger partial charge in [-0.3, -0.25) is 4.79 Å². The zero-order valence-electron chi connectivity index (χ0n) is 19.2. The first-order chi connectivity index (χ1) is 16.5. The maximum Gasteiger partial charge on any atom is 0.356 e. The zero-order chi connectivity index (χ0) is 23.8. The third-order valence-corrected chi connectivity index (χ3v) is 7.48. The number of rotatable bonds is 5. The normalized spacial score (nSPS) is 12.2. The first-order valence-corrected chi connectivity index (χ1v) is 12.5. The van der Waals surface area contributed by atoms with Crippen LogP contribution in [0.5, 0.6) is 0 Å². The molecular weight excluding hydrogens is 539 g/mol. The quantitative estimate of drug-likeness (QED) is 0.248. The van der Waals surface area contributed by atoms with Crippen LogP contribution < -0.4 is 5.56 Å². The Morgan fingerprint density at radius 2 is 1.82 bits per heavy atom. The van der Waals surface area contributed by atoms with Gasteiger partial charge in [-0.2, -0.15) is 0 Å². The number of esters is 1. The zero-order valence-corrected chi connectivity index (χ0v) is 21.3. The number of aryl methyl sites for hydroxylation is 2. The Morgan fingerprint density at radius 3 is 2.53 bits per heavy atom. The molecular formula is C28H25IN2O3. The minimum absolute atomic E-state index is 0.131. The van der Waals surface area contributed by atoms with Crippen LogP contribution in [0.2, 0.25) is 0 Å². The van der Waals surface area contributed by atoms with Crippen LogP contribution in [-0.2, 0) is 24.1 Å². The van der Waals surface area contributed by atoms with E-state index in [1.54, 1.807) is 0 Å². The Labute approximate surface area is 211 Å². The predicted molar refractivity (Wildman–Crippen MR) is 142 cm³/mol. The molecule has 1 aliphatic carbocycles. The van der Waals surface area contributed by atoms with Gasteiger partial charge < -0.3 is 14.3 Å². The van der Waals surface area contributed by atoms with Gasteiger partial charge in [0.1, 0.15) is 5.69 Å². The van der Waals surface area contributed by atoms with Gasteiger partial charge in [0.25, 0.3) is 5.56 Å². The number of halogens is 1. The highest BCUT2D eigenvalue weighted by atomic mass is 127. The molecule has 2 heterocycles. The summed E-state index contributed by atoms with van der Waals surface area (Å²) in [4.78, 5) is 29.4. The van der Waals surface area contributed by atoms with E-state index >= 15 is 0 Å². The van der Waals surface area contributed by atoms with Gasteiger partial charge in [-0.1, -0.05) is 60.2 Å². The van der Waals surface area contributed by atoms with Crippen molar-refractivity contribution in [3.63, 3.8) is 0 Å². The first-order valence-electron chi connectivity index (χ1n) is 11.4. The van der Waals surface area contributed by atoms with Gasteiger partial charge in [-0.15, -0.1) is 0 Å². The van der Waals surface area contributed by atoms with Crippen LogP contribution in [0.15, 0.2) is 65.5 Å². The van der Waals surface area contributed by atoms with E-state index in [0.29, 0.717) is 24.4 Å². The number of ether oxygens (including phenoxy) is 1. The van der Waals surface area contributed by atoms with Gasteiger partial charge in [0.2, 0.25) is 0 Å². The Balaban J connectivity index is 1.71. The van der Waals surface area contributed by atoms with Crippen LogP contribution in [0, 0.1) is 10.5 Å². The van der Waals surface area contributed by atoms with Gasteiger partial charge >= 0.3 is 5.97 Å². The molecule has 0 bridgehead atoms. The van der Waals surface area contributed by atoms with Gasteiger partial charge in [0.05, 0.1) is 18.0 Å². The van der Waals surface area contributed by atoms with Crippen molar-refractivity contribution in [1.29, 1.82) is 0 Å². The summed E-state index contributed by atoms with van der Waals surface area (Å²) in [6, 6.07) is 20.0. The van der Waals surface area contributed by atoms with E-state index < -0.39 is 0 Å². The molecule has 1 N–H and O–H groups in total. The molecule has 6 heteroatoms. The van der Waals surface area contributed by atoms with Crippen molar-refractivity contribution >= 4 is 28.6 Å². The molecule has 0 saturated heterocycles. The van der Waals surface area contributed by atoms with Gasteiger partial charge in [-0.05, 0) is 77.6 Å². The first kappa shape index (κ1) is 22.7. The predicted octanol–water partition coefficient (Wildman–Crippen LogP) is 5.75. The number of pyridine rings is 1. The molecule has 0 fully saturated rings. The number of fused-ring (bicyclic) bond motifs is 3. The van der Waals surface area contributed by atoms with Crippen molar-refractivity contribution in [1.82, 2.24) is 9.55 Å². The number of carbonyl (C=O) groups is 1. The summed E-state index contributed by atoms with van der Waals surface area (Å²) >= 11 is 2.26. The molecule has 172 valence electrons. The summed E-state index contributed by atoms with van der Waals surface area (Å²) in [6.07, 6.45) is 1.60. The molecule has 1 aliphatic rings. The van der Waals surface area contributed by atoms with Crippen LogP contribution >= 0.6 is 22.6 Å². The van der Waals surface area contributed by atoms with Gasteiger partial charge in [0, 0.05) is 15.7 Å². The fraction of sp³-hybridized carbons (Fsp3) is 0.214. The SMILES string of the molecule is CCOC(=O)c1c(I)c2c(n1Cc1ccc(C)cc1)-c1[nH]c(=O)c(-c3ccccc3)cc1CC2. The molecule has 0 atom stereocenters. The fourth-order valence-corrected chi connectivity index (χ4v) is 5.70. The van der Waals surface area contributed by atoms with E-state index in [4.69, 9.17) is 4.74 Å². The Hall–Kier alpha value is -3.13. The van der Waals surface area contributed by atoms with E-state index in [1.165, 1.54) is 5.56 Å². The lowest BCUT2D eigenvalue weighted by Gasteiger charge is -2.21. The fourth-order valence-electron chi connectivity index (χ4n) is 4.66. The number of nitrogens with one attached hydrogen (secondary N) is 1.